The van der Waals surface area contributed by atoms with Crippen molar-refractivity contribution >= 4 is 95.8 Å². The topological polar surface area (TPSA) is 377 Å². The molecule has 9 atom stereocenters. The van der Waals surface area contributed by atoms with Gasteiger partial charge in [0, 0.05) is 90.3 Å². The minimum atomic E-state index is -5.56. The number of carboxylic acids is 2. The van der Waals surface area contributed by atoms with Gasteiger partial charge in [-0.1, -0.05) is 98.8 Å². The Balaban J connectivity index is 1.17. The number of hydrogen-bond acceptors (Lipinski definition) is 12. The van der Waals surface area contributed by atoms with Crippen LogP contribution in [0, 0.1) is 5.92 Å². The van der Waals surface area contributed by atoms with Crippen molar-refractivity contribution in [2.24, 2.45) is 11.7 Å². The number of carbonyl (C=O) groups is 9. The van der Waals surface area contributed by atoms with Crippen molar-refractivity contribution in [1.82, 2.24) is 51.8 Å². The van der Waals surface area contributed by atoms with Crippen molar-refractivity contribution in [2.75, 3.05) is 13.3 Å². The van der Waals surface area contributed by atoms with E-state index in [0.717, 1.165) is 15.8 Å². The average molecular weight is 1250 g/mol. The molecule has 1 unspecified atom stereocenters. The Bertz CT molecular complexity index is 3850. The summed E-state index contributed by atoms with van der Waals surface area (Å²) >= 11 is 0. The smallest absolute Gasteiger partial charge is 0.405 e. The van der Waals surface area contributed by atoms with Gasteiger partial charge in [0.2, 0.25) is 41.4 Å². The number of H-pyrrole nitrogens is 3. The van der Waals surface area contributed by atoms with Crippen LogP contribution in [0.25, 0.3) is 32.7 Å². The van der Waals surface area contributed by atoms with E-state index in [9.17, 15) is 75.0 Å². The van der Waals surface area contributed by atoms with Gasteiger partial charge in [-0.05, 0) is 59.7 Å². The summed E-state index contributed by atoms with van der Waals surface area (Å²) < 4.78 is 70.3. The maximum Gasteiger partial charge on any atom is 0.405 e. The van der Waals surface area contributed by atoms with Crippen molar-refractivity contribution in [3.05, 3.63) is 144 Å². The Hall–Kier alpha value is -9.57. The molecule has 0 saturated carbocycles. The van der Waals surface area contributed by atoms with E-state index in [1.165, 1.54) is 27.8 Å². The lowest BCUT2D eigenvalue weighted by atomic mass is 9.99. The molecular formula is C61H70F3N11O13S. The van der Waals surface area contributed by atoms with E-state index in [1.54, 1.807) is 97.5 Å². The lowest BCUT2D eigenvalue weighted by Gasteiger charge is -2.30. The van der Waals surface area contributed by atoms with Crippen LogP contribution in [0.2, 0.25) is 0 Å². The number of para-hydroxylation sites is 3. The number of amides is 7. The molecule has 474 valence electrons. The third-order valence-electron chi connectivity index (χ3n) is 15.3. The molecule has 7 amide bonds. The number of halogens is 3. The molecule has 0 aliphatic carbocycles. The molecule has 13 N–H and O–H groups in total. The quantitative estimate of drug-likeness (QED) is 0.0321. The number of carbonyl (C=O) groups excluding carboxylic acids is 7. The van der Waals surface area contributed by atoms with Gasteiger partial charge in [-0.3, -0.25) is 38.4 Å². The average Bonchev–Trinajstić information content (AvgIpc) is 3.40. The van der Waals surface area contributed by atoms with E-state index in [2.05, 4.69) is 46.9 Å². The molecule has 0 fully saturated rings. The summed E-state index contributed by atoms with van der Waals surface area (Å²) in [6.45, 7) is 3.90. The maximum absolute atomic E-state index is 14.8. The molecule has 89 heavy (non-hydrogen) atoms. The van der Waals surface area contributed by atoms with E-state index in [4.69, 9.17) is 5.73 Å². The number of aromatic nitrogens is 3. The van der Waals surface area contributed by atoms with Crippen LogP contribution in [0.4, 0.5) is 13.2 Å². The number of fused-ring (bicyclic) bond motifs is 3. The van der Waals surface area contributed by atoms with E-state index in [-0.39, 0.29) is 25.5 Å². The second-order valence-electron chi connectivity index (χ2n) is 22.2. The van der Waals surface area contributed by atoms with Crippen LogP contribution in [0.1, 0.15) is 55.9 Å². The molecular weight excluding hydrogens is 1180 g/mol. The lowest BCUT2D eigenvalue weighted by molar-refractivity contribution is -0.149. The maximum atomic E-state index is 14.8. The number of hydrogen-bond donors (Lipinski definition) is 12. The first-order valence-electron chi connectivity index (χ1n) is 28.2. The van der Waals surface area contributed by atoms with Gasteiger partial charge in [-0.25, -0.2) is 13.2 Å². The number of nitrogens with two attached hydrogens (primary N) is 1. The van der Waals surface area contributed by atoms with Gasteiger partial charge in [0.15, 0.2) is 15.1 Å². The van der Waals surface area contributed by atoms with Crippen LogP contribution < -0.4 is 37.6 Å². The number of benzene rings is 4. The van der Waals surface area contributed by atoms with Crippen molar-refractivity contribution in [2.45, 2.75) is 119 Å². The third-order valence-corrected chi connectivity index (χ3v) is 16.8. The van der Waals surface area contributed by atoms with Crippen LogP contribution in [0.15, 0.2) is 122 Å². The first-order chi connectivity index (χ1) is 42.0. The molecule has 0 radical (unpaired) electrons. The van der Waals surface area contributed by atoms with Gasteiger partial charge in [0.05, 0.1) is 12.5 Å². The molecule has 0 aliphatic rings. The Kier molecular flexibility index (Phi) is 21.8. The summed E-state index contributed by atoms with van der Waals surface area (Å²) in [4.78, 5) is 135. The third kappa shape index (κ3) is 17.4. The Labute approximate surface area is 508 Å². The number of likely N-dealkylation sites (N-methyl/N-ethyl adjacent to an activating group) is 1. The molecule has 3 heterocycles. The van der Waals surface area contributed by atoms with Crippen LogP contribution in [-0.4, -0.2) is 165 Å². The fourth-order valence-corrected chi connectivity index (χ4v) is 11.3. The first kappa shape index (κ1) is 66.9. The minimum absolute atomic E-state index is 0.0223. The highest BCUT2D eigenvalue weighted by Crippen LogP contribution is 2.30. The van der Waals surface area contributed by atoms with E-state index in [0.29, 0.717) is 44.1 Å². The molecule has 7 aromatic rings. The van der Waals surface area contributed by atoms with Crippen LogP contribution >= 0.6 is 0 Å². The number of aromatic amines is 3. The van der Waals surface area contributed by atoms with Crippen LogP contribution in [0.3, 0.4) is 0 Å². The highest BCUT2D eigenvalue weighted by Gasteiger charge is 2.49. The summed E-state index contributed by atoms with van der Waals surface area (Å²) in [5.74, 6) is -12.2. The van der Waals surface area contributed by atoms with Crippen LogP contribution in [-0.2, 0) is 78.7 Å². The number of carboxylic acid groups (broad SMARTS) is 2. The highest BCUT2D eigenvalue weighted by molar-refractivity contribution is 7.91. The lowest BCUT2D eigenvalue weighted by Crippen LogP contribution is -2.62. The zero-order valence-corrected chi connectivity index (χ0v) is 49.8. The first-order valence-corrected chi connectivity index (χ1v) is 30.2. The predicted octanol–water partition coefficient (Wildman–Crippen LogP) is 3.07. The Morgan fingerprint density at radius 2 is 0.944 bits per heavy atom. The van der Waals surface area contributed by atoms with Gasteiger partial charge in [0.25, 0.3) is 0 Å². The SMILES string of the molecule is CC(C)[C@H](NC(=O)[C@H](CC(C(F)(F)F)S(C)(=O)=O)NC(=O)[C@H](Cc1ccccc1)NC(=O)[C@H](Cc1c[nH]c2ccccc12)NC(=O)[C@@H](N)Cc1c[nH]c2ccccc12)C(=O)N[C@@H](CC(=O)O)C(=O)N[C@@H](Cc1c[nH]c2ccccc12)C(=O)N(C)[C@@H](C)C(=O)O. The van der Waals surface area contributed by atoms with Crippen LogP contribution in [0.5, 0.6) is 0 Å². The normalized spacial score (nSPS) is 14.9. The Morgan fingerprint density at radius 1 is 0.539 bits per heavy atom. The fraction of sp³-hybridized carbons (Fsp3) is 0.361. The van der Waals surface area contributed by atoms with Crippen molar-refractivity contribution < 1.29 is 75.0 Å². The monoisotopic (exact) mass is 1250 g/mol. The molecule has 4 aromatic carbocycles. The van der Waals surface area contributed by atoms with Gasteiger partial charge < -0.3 is 67.7 Å². The molecule has 24 nitrogen and oxygen atoms in total. The van der Waals surface area contributed by atoms with E-state index in [1.807, 2.05) is 24.3 Å². The minimum Gasteiger partial charge on any atom is -0.481 e. The second-order valence-corrected chi connectivity index (χ2v) is 24.4. The zero-order valence-electron chi connectivity index (χ0n) is 49.0. The fourth-order valence-electron chi connectivity index (χ4n) is 10.3. The number of alkyl halides is 3. The molecule has 28 heteroatoms. The number of sulfone groups is 1. The number of aliphatic carboxylic acids is 2. The predicted molar refractivity (Wildman–Crippen MR) is 322 cm³/mol. The molecule has 0 saturated heterocycles. The van der Waals surface area contributed by atoms with Gasteiger partial charge in [0.1, 0.15) is 42.3 Å². The largest absolute Gasteiger partial charge is 0.481 e. The highest BCUT2D eigenvalue weighted by atomic mass is 32.2. The second kappa shape index (κ2) is 29.0. The number of nitrogens with zero attached hydrogens (tertiary/aromatic N) is 1. The summed E-state index contributed by atoms with van der Waals surface area (Å²) in [6, 6.07) is 15.3. The summed E-state index contributed by atoms with van der Waals surface area (Å²) in [5, 5.41) is 32.8. The Morgan fingerprint density at radius 3 is 1.42 bits per heavy atom. The van der Waals surface area contributed by atoms with Crippen molar-refractivity contribution in [3.8, 4) is 0 Å². The molecule has 0 aliphatic heterocycles. The van der Waals surface area contributed by atoms with Gasteiger partial charge in [-0.15, -0.1) is 0 Å². The van der Waals surface area contributed by atoms with Gasteiger partial charge >= 0.3 is 18.1 Å². The summed E-state index contributed by atoms with van der Waals surface area (Å²) in [6.07, 6.45) is -4.13. The number of rotatable bonds is 29. The van der Waals surface area contributed by atoms with E-state index < -0.39 is 148 Å². The molecule has 0 bridgehead atoms. The molecule has 0 spiro atoms. The van der Waals surface area contributed by atoms with Crippen molar-refractivity contribution in [3.63, 3.8) is 0 Å². The summed E-state index contributed by atoms with van der Waals surface area (Å²) in [5.41, 5.74) is 10.7. The van der Waals surface area contributed by atoms with Crippen molar-refractivity contribution in [1.29, 1.82) is 0 Å². The van der Waals surface area contributed by atoms with E-state index >= 15 is 0 Å². The summed E-state index contributed by atoms with van der Waals surface area (Å²) in [7, 11) is -3.98. The van der Waals surface area contributed by atoms with Gasteiger partial charge in [-0.2, -0.15) is 13.2 Å². The molecule has 7 rings (SSSR count). The standard InChI is InChI=1S/C61H70F3N11O13S/c1-32(2)52(58(83)72-48(28-51(76)77)56(81)73-49(59(84)75(4)33(3)60(85)86)26-37-31-68-44-22-14-11-19-40(37)44)74-57(82)47(27-50(61(62,63)64)89(5,87)88)71-54(79)45(23-34-15-7-6-8-16-34)70-55(80)46(25-36-30-67-43-21-13-10-18-39(36)43)69-53(78)41(65)24-35-29-66-42-20-12-9-17-38(35)42/h6-22,29-33,41,45-50,52,66-68H,23-28,65H2,1-5H3,(H,69,78)(H,70,80)(H,71,79)(H,72,83)(H,73,81)(H,74,82)(H,76,77)(H,85,86)/t33-,41-,45-,46-,47-,48-,49-,50?,52-/m0/s1. The number of nitrogens with one attached hydrogen (secondary N) is 9. The molecule has 3 aromatic heterocycles. The zero-order chi connectivity index (χ0) is 65.1.